The molecule has 1 aromatic carbocycles. The van der Waals surface area contributed by atoms with Crippen LogP contribution in [0.5, 0.6) is 0 Å². The molecule has 0 saturated heterocycles. The summed E-state index contributed by atoms with van der Waals surface area (Å²) >= 11 is 0. The number of carbonyl (C=O) groups is 2. The maximum absolute atomic E-state index is 12.8. The van der Waals surface area contributed by atoms with Gasteiger partial charge in [0.1, 0.15) is 5.82 Å². The van der Waals surface area contributed by atoms with Crippen LogP contribution in [-0.2, 0) is 16.1 Å². The van der Waals surface area contributed by atoms with Gasteiger partial charge in [0.25, 0.3) is 0 Å². The standard InChI is InChI=1S/C19H20FN3O2/c1-2-23(19(25)10-7-15-4-3-11-21-12-15)14-18(24)22-13-16-5-8-17(20)9-6-16/h3-12H,2,13-14H2,1H3,(H,22,24)/b10-7+. The van der Waals surface area contributed by atoms with Crippen LogP contribution >= 0.6 is 0 Å². The minimum atomic E-state index is -0.321. The second-order valence-electron chi connectivity index (χ2n) is 5.38. The third kappa shape index (κ3) is 6.18. The molecule has 2 amide bonds. The SMILES string of the molecule is CCN(CC(=O)NCc1ccc(F)cc1)C(=O)/C=C/c1cccnc1. The molecule has 5 nitrogen and oxygen atoms in total. The first-order valence-corrected chi connectivity index (χ1v) is 7.96. The molecule has 0 radical (unpaired) electrons. The van der Waals surface area contributed by atoms with Crippen LogP contribution < -0.4 is 5.32 Å². The molecule has 6 heteroatoms. The molecule has 0 saturated carbocycles. The summed E-state index contributed by atoms with van der Waals surface area (Å²) in [5.74, 6) is -0.837. The molecule has 1 heterocycles. The molecule has 25 heavy (non-hydrogen) atoms. The monoisotopic (exact) mass is 341 g/mol. The topological polar surface area (TPSA) is 62.3 Å². The summed E-state index contributed by atoms with van der Waals surface area (Å²) in [6.07, 6.45) is 6.39. The zero-order valence-corrected chi connectivity index (χ0v) is 14.0. The van der Waals surface area contributed by atoms with Crippen molar-refractivity contribution in [2.45, 2.75) is 13.5 Å². The van der Waals surface area contributed by atoms with Crippen LogP contribution in [0.3, 0.4) is 0 Å². The number of likely N-dealkylation sites (N-methyl/N-ethyl adjacent to an activating group) is 1. The number of hydrogen-bond acceptors (Lipinski definition) is 3. The number of pyridine rings is 1. The van der Waals surface area contributed by atoms with Gasteiger partial charge in [-0.15, -0.1) is 0 Å². The molecule has 0 bridgehead atoms. The van der Waals surface area contributed by atoms with Crippen molar-refractivity contribution in [1.29, 1.82) is 0 Å². The molecule has 0 aliphatic heterocycles. The molecule has 0 atom stereocenters. The molecule has 0 spiro atoms. The Morgan fingerprint density at radius 1 is 1.24 bits per heavy atom. The first-order chi connectivity index (χ1) is 12.1. The lowest BCUT2D eigenvalue weighted by Crippen LogP contribution is -2.39. The summed E-state index contributed by atoms with van der Waals surface area (Å²) < 4.78 is 12.8. The molecule has 1 aromatic heterocycles. The number of amides is 2. The van der Waals surface area contributed by atoms with Gasteiger partial charge in [0.2, 0.25) is 11.8 Å². The Bertz CT molecular complexity index is 730. The molecule has 2 rings (SSSR count). The lowest BCUT2D eigenvalue weighted by Gasteiger charge is -2.18. The van der Waals surface area contributed by atoms with E-state index in [1.807, 2.05) is 13.0 Å². The van der Waals surface area contributed by atoms with Gasteiger partial charge in [-0.25, -0.2) is 4.39 Å². The molecule has 0 fully saturated rings. The highest BCUT2D eigenvalue weighted by atomic mass is 19.1. The van der Waals surface area contributed by atoms with Gasteiger partial charge in [-0.2, -0.15) is 0 Å². The number of nitrogens with one attached hydrogen (secondary N) is 1. The van der Waals surface area contributed by atoms with E-state index >= 15 is 0 Å². The van der Waals surface area contributed by atoms with E-state index in [4.69, 9.17) is 0 Å². The Labute approximate surface area is 146 Å². The molecule has 2 aromatic rings. The van der Waals surface area contributed by atoms with Crippen molar-refractivity contribution in [3.05, 3.63) is 71.8 Å². The van der Waals surface area contributed by atoms with Gasteiger partial charge in [0.05, 0.1) is 6.54 Å². The minimum Gasteiger partial charge on any atom is -0.350 e. The Morgan fingerprint density at radius 2 is 2.00 bits per heavy atom. The lowest BCUT2D eigenvalue weighted by atomic mass is 10.2. The number of hydrogen-bond donors (Lipinski definition) is 1. The van der Waals surface area contributed by atoms with Crippen molar-refractivity contribution in [2.75, 3.05) is 13.1 Å². The number of aromatic nitrogens is 1. The molecular weight excluding hydrogens is 321 g/mol. The van der Waals surface area contributed by atoms with Gasteiger partial charge in [0.15, 0.2) is 0 Å². The zero-order chi connectivity index (χ0) is 18.1. The van der Waals surface area contributed by atoms with Crippen molar-refractivity contribution in [3.63, 3.8) is 0 Å². The number of halogens is 1. The van der Waals surface area contributed by atoms with E-state index in [0.29, 0.717) is 6.54 Å². The van der Waals surface area contributed by atoms with Gasteiger partial charge in [-0.05, 0) is 42.3 Å². The summed E-state index contributed by atoms with van der Waals surface area (Å²) in [4.78, 5) is 29.6. The van der Waals surface area contributed by atoms with Crippen molar-refractivity contribution in [3.8, 4) is 0 Å². The van der Waals surface area contributed by atoms with Gasteiger partial charge in [-0.3, -0.25) is 14.6 Å². The summed E-state index contributed by atoms with van der Waals surface area (Å²) in [6.45, 7) is 2.48. The van der Waals surface area contributed by atoms with E-state index < -0.39 is 0 Å². The summed E-state index contributed by atoms with van der Waals surface area (Å²) in [5, 5.41) is 2.72. The van der Waals surface area contributed by atoms with Crippen molar-refractivity contribution < 1.29 is 14.0 Å². The number of rotatable bonds is 7. The Morgan fingerprint density at radius 3 is 2.64 bits per heavy atom. The fourth-order valence-corrected chi connectivity index (χ4v) is 2.13. The normalized spacial score (nSPS) is 10.6. The van der Waals surface area contributed by atoms with Crippen molar-refractivity contribution in [2.24, 2.45) is 0 Å². The predicted octanol–water partition coefficient (Wildman–Crippen LogP) is 2.40. The van der Waals surface area contributed by atoms with E-state index in [9.17, 15) is 14.0 Å². The second kappa shape index (κ2) is 9.32. The molecule has 0 aliphatic rings. The third-order valence-corrected chi connectivity index (χ3v) is 3.53. The number of carbonyl (C=O) groups excluding carboxylic acids is 2. The van der Waals surface area contributed by atoms with E-state index in [-0.39, 0.29) is 30.7 Å². The maximum atomic E-state index is 12.8. The van der Waals surface area contributed by atoms with Crippen LogP contribution in [0.4, 0.5) is 4.39 Å². The van der Waals surface area contributed by atoms with Crippen LogP contribution in [0.1, 0.15) is 18.1 Å². The summed E-state index contributed by atoms with van der Waals surface area (Å²) in [7, 11) is 0. The lowest BCUT2D eigenvalue weighted by molar-refractivity contribution is -0.132. The van der Waals surface area contributed by atoms with E-state index in [2.05, 4.69) is 10.3 Å². The van der Waals surface area contributed by atoms with Gasteiger partial charge < -0.3 is 10.2 Å². The van der Waals surface area contributed by atoms with E-state index in [1.165, 1.54) is 23.1 Å². The molecule has 1 N–H and O–H groups in total. The first kappa shape index (κ1) is 18.3. The van der Waals surface area contributed by atoms with E-state index in [1.54, 1.807) is 36.7 Å². The number of benzene rings is 1. The highest BCUT2D eigenvalue weighted by molar-refractivity contribution is 5.94. The first-order valence-electron chi connectivity index (χ1n) is 7.96. The van der Waals surface area contributed by atoms with Crippen LogP contribution in [-0.4, -0.2) is 34.8 Å². The van der Waals surface area contributed by atoms with Crippen LogP contribution in [0.25, 0.3) is 6.08 Å². The maximum Gasteiger partial charge on any atom is 0.247 e. The summed E-state index contributed by atoms with van der Waals surface area (Å²) in [6, 6.07) is 9.51. The van der Waals surface area contributed by atoms with Crippen molar-refractivity contribution >= 4 is 17.9 Å². The Hall–Kier alpha value is -3.02. The van der Waals surface area contributed by atoms with Gasteiger partial charge in [-0.1, -0.05) is 18.2 Å². The average molecular weight is 341 g/mol. The van der Waals surface area contributed by atoms with E-state index in [0.717, 1.165) is 11.1 Å². The zero-order valence-electron chi connectivity index (χ0n) is 14.0. The minimum absolute atomic E-state index is 0.0338. The summed E-state index contributed by atoms with van der Waals surface area (Å²) in [5.41, 5.74) is 1.60. The Balaban J connectivity index is 1.85. The van der Waals surface area contributed by atoms with Crippen molar-refractivity contribution in [1.82, 2.24) is 15.2 Å². The van der Waals surface area contributed by atoms with Gasteiger partial charge >= 0.3 is 0 Å². The van der Waals surface area contributed by atoms with Crippen LogP contribution in [0.15, 0.2) is 54.9 Å². The molecular formula is C19H20FN3O2. The predicted molar refractivity (Wildman–Crippen MR) is 93.8 cm³/mol. The molecule has 0 unspecified atom stereocenters. The van der Waals surface area contributed by atoms with Gasteiger partial charge in [0, 0.05) is 31.6 Å². The quantitative estimate of drug-likeness (QED) is 0.787. The smallest absolute Gasteiger partial charge is 0.247 e. The molecule has 0 aliphatic carbocycles. The van der Waals surface area contributed by atoms with Crippen LogP contribution in [0, 0.1) is 5.82 Å². The second-order valence-corrected chi connectivity index (χ2v) is 5.38. The highest BCUT2D eigenvalue weighted by Crippen LogP contribution is 2.03. The Kier molecular flexibility index (Phi) is 6.83. The average Bonchev–Trinajstić information content (AvgIpc) is 2.64. The fraction of sp³-hybridized carbons (Fsp3) is 0.211. The largest absolute Gasteiger partial charge is 0.350 e. The highest BCUT2D eigenvalue weighted by Gasteiger charge is 2.13. The third-order valence-electron chi connectivity index (χ3n) is 3.53. The molecule has 130 valence electrons. The number of nitrogens with zero attached hydrogens (tertiary/aromatic N) is 2. The van der Waals surface area contributed by atoms with Crippen LogP contribution in [0.2, 0.25) is 0 Å². The fourth-order valence-electron chi connectivity index (χ4n) is 2.13.